The summed E-state index contributed by atoms with van der Waals surface area (Å²) in [5.74, 6) is 0. The fourth-order valence-corrected chi connectivity index (χ4v) is 8.29. The molecule has 0 aliphatic heterocycles. The van der Waals surface area contributed by atoms with Gasteiger partial charge in [0.1, 0.15) is 0 Å². The summed E-state index contributed by atoms with van der Waals surface area (Å²) in [7, 11) is 2.21. The molecule has 1 aromatic heterocycles. The van der Waals surface area contributed by atoms with Crippen molar-refractivity contribution in [3.63, 3.8) is 0 Å². The highest BCUT2D eigenvalue weighted by Crippen LogP contribution is 2.47. The van der Waals surface area contributed by atoms with Crippen LogP contribution in [0.25, 0.3) is 98.3 Å². The Morgan fingerprint density at radius 2 is 0.708 bits per heavy atom. The van der Waals surface area contributed by atoms with E-state index < -0.39 is 0 Å². The smallest absolute Gasteiger partial charge is 0.0568 e. The number of nitrogens with zero attached hydrogens (tertiary/aromatic N) is 1. The van der Waals surface area contributed by atoms with E-state index in [0.29, 0.717) is 0 Å². The van der Waals surface area contributed by atoms with E-state index in [2.05, 4.69) is 181 Å². The molecule has 9 aromatic carbocycles. The number of fused-ring (bicyclic) bond motifs is 7. The van der Waals surface area contributed by atoms with Gasteiger partial charge in [0, 0.05) is 28.9 Å². The van der Waals surface area contributed by atoms with E-state index in [-0.39, 0.29) is 0 Å². The van der Waals surface area contributed by atoms with Crippen molar-refractivity contribution in [2.24, 2.45) is 7.05 Å². The van der Waals surface area contributed by atoms with Gasteiger partial charge in [-0.05, 0) is 83.0 Å². The van der Waals surface area contributed by atoms with Gasteiger partial charge >= 0.3 is 0 Å². The van der Waals surface area contributed by atoms with Crippen molar-refractivity contribution in [1.82, 2.24) is 4.57 Å². The minimum Gasteiger partial charge on any atom is -0.343 e. The molecular weight excluding hydrogens is 579 g/mol. The number of benzene rings is 9. The van der Waals surface area contributed by atoms with Crippen LogP contribution in [-0.4, -0.2) is 4.57 Å². The van der Waals surface area contributed by atoms with Gasteiger partial charge in [0.15, 0.2) is 0 Å². The van der Waals surface area contributed by atoms with Gasteiger partial charge in [-0.2, -0.15) is 0 Å². The van der Waals surface area contributed by atoms with E-state index in [0.717, 1.165) is 0 Å². The van der Waals surface area contributed by atoms with E-state index in [9.17, 15) is 0 Å². The molecular formula is C47H31N. The van der Waals surface area contributed by atoms with Crippen molar-refractivity contribution in [3.8, 4) is 33.4 Å². The topological polar surface area (TPSA) is 4.93 Å². The van der Waals surface area contributed by atoms with E-state index in [1.165, 1.54) is 98.3 Å². The average Bonchev–Trinajstić information content (AvgIpc) is 3.44. The number of hydrogen-bond donors (Lipinski definition) is 0. The van der Waals surface area contributed by atoms with Crippen LogP contribution in [0.3, 0.4) is 0 Å². The van der Waals surface area contributed by atoms with Crippen molar-refractivity contribution in [2.75, 3.05) is 0 Å². The summed E-state index contributed by atoms with van der Waals surface area (Å²) in [5.41, 5.74) is 10.1. The Hall–Kier alpha value is -6.18. The molecule has 10 aromatic rings. The van der Waals surface area contributed by atoms with E-state index in [1.54, 1.807) is 0 Å². The summed E-state index contributed by atoms with van der Waals surface area (Å²) in [6.07, 6.45) is 0. The standard InChI is InChI=1S/C47H31N/c1-48-45-28-7-6-19-38(45)41-26-12-27-42(47(41)48)46-39-24-10-22-36(34-20-8-15-30-13-2-4-17-32(30)34)43(39)29-44-37(23-11-25-40(44)46)35-21-9-16-31-14-3-5-18-33(31)35/h2-29H,1H3. The lowest BCUT2D eigenvalue weighted by Gasteiger charge is -2.19. The lowest BCUT2D eigenvalue weighted by Crippen LogP contribution is -1.94. The van der Waals surface area contributed by atoms with Crippen LogP contribution in [0, 0.1) is 0 Å². The van der Waals surface area contributed by atoms with E-state index in [4.69, 9.17) is 0 Å². The Morgan fingerprint density at radius 1 is 0.312 bits per heavy atom. The molecule has 1 heterocycles. The van der Waals surface area contributed by atoms with Crippen molar-refractivity contribution in [1.29, 1.82) is 0 Å². The van der Waals surface area contributed by atoms with Crippen LogP contribution in [0.4, 0.5) is 0 Å². The first-order chi connectivity index (χ1) is 23.8. The second-order valence-electron chi connectivity index (χ2n) is 12.9. The first-order valence-electron chi connectivity index (χ1n) is 16.7. The third kappa shape index (κ3) is 3.85. The summed E-state index contributed by atoms with van der Waals surface area (Å²) in [6, 6.07) is 62.7. The molecule has 0 N–H and O–H groups in total. The lowest BCUT2D eigenvalue weighted by atomic mass is 9.84. The Morgan fingerprint density at radius 3 is 1.29 bits per heavy atom. The van der Waals surface area contributed by atoms with Crippen LogP contribution in [0.15, 0.2) is 170 Å². The molecule has 0 aliphatic carbocycles. The van der Waals surface area contributed by atoms with E-state index >= 15 is 0 Å². The van der Waals surface area contributed by atoms with Gasteiger partial charge in [0.05, 0.1) is 5.52 Å². The summed E-state index contributed by atoms with van der Waals surface area (Å²) < 4.78 is 2.38. The van der Waals surface area contributed by atoms with Crippen LogP contribution >= 0.6 is 0 Å². The third-order valence-electron chi connectivity index (χ3n) is 10.4. The van der Waals surface area contributed by atoms with Crippen molar-refractivity contribution >= 4 is 64.9 Å². The highest BCUT2D eigenvalue weighted by molar-refractivity contribution is 6.24. The fraction of sp³-hybridized carbons (Fsp3) is 0.0213. The molecule has 0 radical (unpaired) electrons. The van der Waals surface area contributed by atoms with Gasteiger partial charge in [-0.25, -0.2) is 0 Å². The molecule has 0 amide bonds. The maximum atomic E-state index is 2.46. The molecule has 1 nitrogen and oxygen atoms in total. The number of hydrogen-bond acceptors (Lipinski definition) is 0. The van der Waals surface area contributed by atoms with Gasteiger partial charge in [-0.3, -0.25) is 0 Å². The largest absolute Gasteiger partial charge is 0.343 e. The van der Waals surface area contributed by atoms with Crippen LogP contribution in [0.5, 0.6) is 0 Å². The summed E-state index contributed by atoms with van der Waals surface area (Å²) in [6.45, 7) is 0. The van der Waals surface area contributed by atoms with Crippen LogP contribution in [0.2, 0.25) is 0 Å². The summed E-state index contributed by atoms with van der Waals surface area (Å²) >= 11 is 0. The first-order valence-corrected chi connectivity index (χ1v) is 16.7. The predicted molar refractivity (Wildman–Crippen MR) is 207 cm³/mol. The molecule has 0 saturated heterocycles. The Kier molecular flexibility index (Phi) is 5.86. The monoisotopic (exact) mass is 609 g/mol. The molecule has 1 heteroatoms. The zero-order valence-electron chi connectivity index (χ0n) is 26.6. The molecule has 10 rings (SSSR count). The third-order valence-corrected chi connectivity index (χ3v) is 10.4. The molecule has 224 valence electrons. The van der Waals surface area contributed by atoms with Crippen LogP contribution in [0.1, 0.15) is 0 Å². The van der Waals surface area contributed by atoms with Crippen molar-refractivity contribution in [2.45, 2.75) is 0 Å². The quantitative estimate of drug-likeness (QED) is 0.176. The van der Waals surface area contributed by atoms with Gasteiger partial charge < -0.3 is 4.57 Å². The summed E-state index contributed by atoms with van der Waals surface area (Å²) in [4.78, 5) is 0. The van der Waals surface area contributed by atoms with Crippen molar-refractivity contribution < 1.29 is 0 Å². The zero-order chi connectivity index (χ0) is 31.8. The van der Waals surface area contributed by atoms with Gasteiger partial charge in [-0.15, -0.1) is 0 Å². The Labute approximate surface area is 278 Å². The average molecular weight is 610 g/mol. The Bertz CT molecular complexity index is 2760. The van der Waals surface area contributed by atoms with Crippen LogP contribution < -0.4 is 0 Å². The second kappa shape index (κ2) is 10.4. The minimum absolute atomic E-state index is 1.25. The van der Waals surface area contributed by atoms with Gasteiger partial charge in [0.2, 0.25) is 0 Å². The number of rotatable bonds is 3. The number of aryl methyl sites for hydroxylation is 1. The van der Waals surface area contributed by atoms with E-state index in [1.807, 2.05) is 0 Å². The Balaban J connectivity index is 1.41. The fourth-order valence-electron chi connectivity index (χ4n) is 8.29. The second-order valence-corrected chi connectivity index (χ2v) is 12.9. The molecule has 48 heavy (non-hydrogen) atoms. The van der Waals surface area contributed by atoms with Crippen LogP contribution in [-0.2, 0) is 7.05 Å². The highest BCUT2D eigenvalue weighted by atomic mass is 14.9. The molecule has 0 bridgehead atoms. The number of para-hydroxylation sites is 2. The van der Waals surface area contributed by atoms with Gasteiger partial charge in [-0.1, -0.05) is 158 Å². The highest BCUT2D eigenvalue weighted by Gasteiger charge is 2.20. The minimum atomic E-state index is 1.25. The maximum Gasteiger partial charge on any atom is 0.0568 e. The maximum absolute atomic E-state index is 2.46. The molecule has 0 spiro atoms. The molecule has 0 saturated carbocycles. The lowest BCUT2D eigenvalue weighted by molar-refractivity contribution is 1.02. The molecule has 0 aliphatic rings. The molecule has 0 fully saturated rings. The van der Waals surface area contributed by atoms with Gasteiger partial charge in [0.25, 0.3) is 0 Å². The molecule has 0 atom stereocenters. The van der Waals surface area contributed by atoms with Crippen molar-refractivity contribution in [3.05, 3.63) is 170 Å². The zero-order valence-corrected chi connectivity index (χ0v) is 26.6. The summed E-state index contributed by atoms with van der Waals surface area (Å²) in [5, 5.41) is 12.7. The molecule has 0 unspecified atom stereocenters. The first kappa shape index (κ1) is 27.0. The normalized spacial score (nSPS) is 11.9. The number of aromatic nitrogens is 1. The predicted octanol–water partition coefficient (Wildman–Crippen LogP) is 12.9. The SMILES string of the molecule is Cn1c2ccccc2c2cccc(-c3c4cccc(-c5cccc6ccccc56)c4cc4c(-c5cccc6ccccc56)cccc34)c21.